The molecule has 0 aromatic heterocycles. The van der Waals surface area contributed by atoms with Crippen molar-refractivity contribution in [1.29, 1.82) is 0 Å². The SMILES string of the molecule is Cl/C(=N\OCc1ccccc1)c1ccccc1. The Kier molecular flexibility index (Phi) is 4.17. The first-order valence-corrected chi connectivity index (χ1v) is 5.69. The molecule has 0 spiro atoms. The summed E-state index contributed by atoms with van der Waals surface area (Å²) in [5.74, 6) is 0. The van der Waals surface area contributed by atoms with Crippen molar-refractivity contribution in [2.75, 3.05) is 0 Å². The summed E-state index contributed by atoms with van der Waals surface area (Å²) in [5.41, 5.74) is 1.91. The zero-order chi connectivity index (χ0) is 11.9. The Labute approximate surface area is 105 Å². The molecule has 0 bridgehead atoms. The average molecular weight is 246 g/mol. The lowest BCUT2D eigenvalue weighted by atomic mass is 10.2. The van der Waals surface area contributed by atoms with Crippen molar-refractivity contribution in [3.8, 4) is 0 Å². The number of hydrogen-bond acceptors (Lipinski definition) is 2. The van der Waals surface area contributed by atoms with Crippen LogP contribution >= 0.6 is 11.6 Å². The van der Waals surface area contributed by atoms with Crippen LogP contribution in [0.1, 0.15) is 11.1 Å². The van der Waals surface area contributed by atoms with Gasteiger partial charge >= 0.3 is 0 Å². The minimum atomic E-state index is 0.363. The van der Waals surface area contributed by atoms with E-state index in [1.54, 1.807) is 0 Å². The number of oxime groups is 1. The summed E-state index contributed by atoms with van der Waals surface area (Å²) in [6.07, 6.45) is 0. The molecule has 0 unspecified atom stereocenters. The molecule has 0 saturated heterocycles. The minimum absolute atomic E-state index is 0.363. The lowest BCUT2D eigenvalue weighted by Gasteiger charge is -2.01. The Bertz CT molecular complexity index is 482. The van der Waals surface area contributed by atoms with Crippen LogP contribution in [0.4, 0.5) is 0 Å². The van der Waals surface area contributed by atoms with Crippen LogP contribution in [0.5, 0.6) is 0 Å². The van der Waals surface area contributed by atoms with E-state index >= 15 is 0 Å². The smallest absolute Gasteiger partial charge is 0.175 e. The first-order valence-electron chi connectivity index (χ1n) is 5.31. The molecule has 0 N–H and O–H groups in total. The van der Waals surface area contributed by atoms with Gasteiger partial charge in [0.25, 0.3) is 0 Å². The third kappa shape index (κ3) is 3.61. The van der Waals surface area contributed by atoms with E-state index in [9.17, 15) is 0 Å². The molecule has 3 heteroatoms. The van der Waals surface area contributed by atoms with Crippen LogP contribution in [0.25, 0.3) is 0 Å². The van der Waals surface area contributed by atoms with Crippen LogP contribution in [0.3, 0.4) is 0 Å². The van der Waals surface area contributed by atoms with E-state index in [0.29, 0.717) is 11.8 Å². The average Bonchev–Trinajstić information content (AvgIpc) is 2.41. The Morgan fingerprint density at radius 1 is 0.941 bits per heavy atom. The highest BCUT2D eigenvalue weighted by molar-refractivity contribution is 6.69. The molecule has 2 rings (SSSR count). The molecule has 0 heterocycles. The second-order valence-electron chi connectivity index (χ2n) is 3.51. The number of benzene rings is 2. The predicted molar refractivity (Wildman–Crippen MR) is 70.1 cm³/mol. The summed E-state index contributed by atoms with van der Waals surface area (Å²) >= 11 is 6.00. The van der Waals surface area contributed by atoms with Crippen molar-refractivity contribution in [3.63, 3.8) is 0 Å². The molecule has 86 valence electrons. The third-order valence-electron chi connectivity index (χ3n) is 2.23. The Morgan fingerprint density at radius 2 is 1.53 bits per heavy atom. The van der Waals surface area contributed by atoms with Crippen molar-refractivity contribution >= 4 is 16.8 Å². The van der Waals surface area contributed by atoms with E-state index in [4.69, 9.17) is 16.4 Å². The van der Waals surface area contributed by atoms with Crippen molar-refractivity contribution in [3.05, 3.63) is 71.8 Å². The number of rotatable bonds is 4. The highest BCUT2D eigenvalue weighted by Crippen LogP contribution is 2.06. The molecule has 0 radical (unpaired) electrons. The topological polar surface area (TPSA) is 21.6 Å². The van der Waals surface area contributed by atoms with Gasteiger partial charge < -0.3 is 4.84 Å². The summed E-state index contributed by atoms with van der Waals surface area (Å²) < 4.78 is 0. The van der Waals surface area contributed by atoms with Crippen molar-refractivity contribution < 1.29 is 4.84 Å². The van der Waals surface area contributed by atoms with Crippen molar-refractivity contribution in [1.82, 2.24) is 0 Å². The molecule has 2 aromatic rings. The molecule has 2 aromatic carbocycles. The van der Waals surface area contributed by atoms with E-state index in [1.807, 2.05) is 60.7 Å². The third-order valence-corrected chi connectivity index (χ3v) is 2.52. The molecule has 0 fully saturated rings. The first-order chi connectivity index (χ1) is 8.36. The van der Waals surface area contributed by atoms with Gasteiger partial charge in [-0.3, -0.25) is 0 Å². The molecule has 0 amide bonds. The van der Waals surface area contributed by atoms with Gasteiger partial charge in [0.1, 0.15) is 6.61 Å². The molecule has 0 aliphatic carbocycles. The van der Waals surface area contributed by atoms with Gasteiger partial charge in [-0.2, -0.15) is 0 Å². The molecule has 0 aliphatic heterocycles. The zero-order valence-corrected chi connectivity index (χ0v) is 9.97. The maximum absolute atomic E-state index is 6.00. The quantitative estimate of drug-likeness (QED) is 0.593. The lowest BCUT2D eigenvalue weighted by molar-refractivity contribution is 0.131. The monoisotopic (exact) mass is 245 g/mol. The van der Waals surface area contributed by atoms with Gasteiger partial charge in [0.05, 0.1) is 0 Å². The van der Waals surface area contributed by atoms with Gasteiger partial charge in [-0.25, -0.2) is 0 Å². The molecular formula is C14H12ClNO. The molecule has 0 saturated carbocycles. The van der Waals surface area contributed by atoms with Crippen LogP contribution in [0.15, 0.2) is 65.8 Å². The molecule has 0 aliphatic rings. The lowest BCUT2D eigenvalue weighted by Crippen LogP contribution is -1.93. The van der Waals surface area contributed by atoms with Crippen LogP contribution < -0.4 is 0 Å². The Balaban J connectivity index is 1.93. The fourth-order valence-electron chi connectivity index (χ4n) is 1.37. The summed E-state index contributed by atoms with van der Waals surface area (Å²) in [6, 6.07) is 19.4. The predicted octanol–water partition coefficient (Wildman–Crippen LogP) is 3.80. The van der Waals surface area contributed by atoms with Gasteiger partial charge in [-0.1, -0.05) is 77.4 Å². The van der Waals surface area contributed by atoms with E-state index < -0.39 is 0 Å². The maximum atomic E-state index is 6.00. The minimum Gasteiger partial charge on any atom is -0.390 e. The molecule has 0 atom stereocenters. The van der Waals surface area contributed by atoms with E-state index in [0.717, 1.165) is 11.1 Å². The highest BCUT2D eigenvalue weighted by Gasteiger charge is 1.98. The molecule has 17 heavy (non-hydrogen) atoms. The molecule has 2 nitrogen and oxygen atoms in total. The fourth-order valence-corrected chi connectivity index (χ4v) is 1.54. The second-order valence-corrected chi connectivity index (χ2v) is 3.87. The fraction of sp³-hybridized carbons (Fsp3) is 0.0714. The highest BCUT2D eigenvalue weighted by atomic mass is 35.5. The normalized spacial score (nSPS) is 11.2. The van der Waals surface area contributed by atoms with Crippen molar-refractivity contribution in [2.24, 2.45) is 5.16 Å². The summed E-state index contributed by atoms with van der Waals surface area (Å²) in [4.78, 5) is 5.19. The number of hydrogen-bond donors (Lipinski definition) is 0. The summed E-state index contributed by atoms with van der Waals surface area (Å²) in [6.45, 7) is 0.421. The van der Waals surface area contributed by atoms with Gasteiger partial charge in [0.2, 0.25) is 0 Å². The van der Waals surface area contributed by atoms with Gasteiger partial charge in [-0.15, -0.1) is 0 Å². The summed E-state index contributed by atoms with van der Waals surface area (Å²) in [7, 11) is 0. The van der Waals surface area contributed by atoms with Gasteiger partial charge in [0.15, 0.2) is 5.17 Å². The second kappa shape index (κ2) is 6.06. The molecular weight excluding hydrogens is 234 g/mol. The van der Waals surface area contributed by atoms with Crippen molar-refractivity contribution in [2.45, 2.75) is 6.61 Å². The van der Waals surface area contributed by atoms with E-state index in [1.165, 1.54) is 0 Å². The standard InChI is InChI=1S/C14H12ClNO/c15-14(13-9-5-2-6-10-13)16-17-11-12-7-3-1-4-8-12/h1-10H,11H2/b16-14-. The maximum Gasteiger partial charge on any atom is 0.175 e. The summed E-state index contributed by atoms with van der Waals surface area (Å²) in [5, 5.41) is 4.23. The Morgan fingerprint density at radius 3 is 2.18 bits per heavy atom. The van der Waals surface area contributed by atoms with Gasteiger partial charge in [-0.05, 0) is 5.56 Å². The van der Waals surface area contributed by atoms with Crippen LogP contribution in [-0.2, 0) is 11.4 Å². The first kappa shape index (κ1) is 11.7. The Hall–Kier alpha value is -1.80. The largest absolute Gasteiger partial charge is 0.390 e. The number of nitrogens with zero attached hydrogens (tertiary/aromatic N) is 1. The van der Waals surface area contributed by atoms with E-state index in [-0.39, 0.29) is 0 Å². The van der Waals surface area contributed by atoms with Gasteiger partial charge in [0, 0.05) is 5.56 Å². The number of halogens is 1. The van der Waals surface area contributed by atoms with Crippen LogP contribution in [0.2, 0.25) is 0 Å². The van der Waals surface area contributed by atoms with E-state index in [2.05, 4.69) is 5.16 Å². The van der Waals surface area contributed by atoms with Crippen LogP contribution in [0, 0.1) is 0 Å². The van der Waals surface area contributed by atoms with Crippen LogP contribution in [-0.4, -0.2) is 5.17 Å². The zero-order valence-electron chi connectivity index (χ0n) is 9.21.